The lowest BCUT2D eigenvalue weighted by Gasteiger charge is -2.27. The van der Waals surface area contributed by atoms with E-state index in [0.717, 1.165) is 12.0 Å². The van der Waals surface area contributed by atoms with Gasteiger partial charge in [-0.15, -0.1) is 0 Å². The number of hydrazone groups is 1. The first-order chi connectivity index (χ1) is 7.63. The van der Waals surface area contributed by atoms with E-state index in [1.807, 2.05) is 13.0 Å². The second-order valence-corrected chi connectivity index (χ2v) is 3.38. The zero-order chi connectivity index (χ0) is 12.0. The average Bonchev–Trinajstić information content (AvgIpc) is 2.32. The van der Waals surface area contributed by atoms with Crippen LogP contribution in [-0.4, -0.2) is 23.8 Å². The molecule has 0 unspecified atom stereocenters. The van der Waals surface area contributed by atoms with Crippen LogP contribution < -0.4 is 11.1 Å². The van der Waals surface area contributed by atoms with Crippen LogP contribution in [0.4, 0.5) is 0 Å². The molecule has 0 radical (unpaired) electrons. The summed E-state index contributed by atoms with van der Waals surface area (Å²) in [7, 11) is 0. The van der Waals surface area contributed by atoms with E-state index in [1.165, 1.54) is 6.21 Å². The van der Waals surface area contributed by atoms with Crippen LogP contribution in [0, 0.1) is 5.21 Å². The minimum Gasteiger partial charge on any atom is -0.736 e. The summed E-state index contributed by atoms with van der Waals surface area (Å²) in [5, 5.41) is 17.9. The van der Waals surface area contributed by atoms with Gasteiger partial charge in [-0.3, -0.25) is 4.79 Å². The molecular formula is C10H15N4O2-. The number of hydrogen-bond donors (Lipinski definition) is 2. The van der Waals surface area contributed by atoms with Crippen molar-refractivity contribution in [2.45, 2.75) is 19.8 Å². The van der Waals surface area contributed by atoms with Crippen molar-refractivity contribution >= 4 is 12.1 Å². The van der Waals surface area contributed by atoms with Crippen molar-refractivity contribution in [1.82, 2.24) is 10.5 Å². The van der Waals surface area contributed by atoms with Crippen molar-refractivity contribution in [1.29, 1.82) is 0 Å². The molecule has 0 bridgehead atoms. The smallest absolute Gasteiger partial charge is 0.239 e. The number of rotatable bonds is 2. The Balaban J connectivity index is 2.88. The van der Waals surface area contributed by atoms with Crippen molar-refractivity contribution in [3.8, 4) is 0 Å². The highest BCUT2D eigenvalue weighted by Gasteiger charge is 2.04. The number of amides is 1. The first-order valence-corrected chi connectivity index (χ1v) is 5.01. The molecule has 1 heterocycles. The quantitative estimate of drug-likeness (QED) is 0.709. The third-order valence-electron chi connectivity index (χ3n) is 1.97. The molecular weight excluding hydrogens is 208 g/mol. The molecule has 0 saturated carbocycles. The molecule has 16 heavy (non-hydrogen) atoms. The molecule has 6 heteroatoms. The topological polar surface area (TPSA) is 93.8 Å². The van der Waals surface area contributed by atoms with Gasteiger partial charge in [-0.2, -0.15) is 5.10 Å². The molecule has 3 N–H and O–H groups in total. The summed E-state index contributed by atoms with van der Waals surface area (Å²) in [6.45, 7) is 1.69. The second-order valence-electron chi connectivity index (χ2n) is 3.38. The predicted octanol–water partition coefficient (Wildman–Crippen LogP) is 0.428. The Labute approximate surface area is 94.1 Å². The minimum atomic E-state index is -0.422. The van der Waals surface area contributed by atoms with Crippen LogP contribution in [0.25, 0.3) is 0 Å². The molecule has 0 aliphatic carbocycles. The van der Waals surface area contributed by atoms with Gasteiger partial charge in [0.25, 0.3) is 0 Å². The SMILES string of the molecule is CC1=C\CC/C=N\N([O-])/C(NC(=O)CN)=C\1. The van der Waals surface area contributed by atoms with Crippen molar-refractivity contribution in [3.63, 3.8) is 0 Å². The fourth-order valence-corrected chi connectivity index (χ4v) is 1.19. The number of carbonyl (C=O) groups is 1. The summed E-state index contributed by atoms with van der Waals surface area (Å²) in [5.74, 6) is -0.336. The third-order valence-corrected chi connectivity index (χ3v) is 1.97. The first-order valence-electron chi connectivity index (χ1n) is 5.01. The highest BCUT2D eigenvalue weighted by Crippen LogP contribution is 2.08. The highest BCUT2D eigenvalue weighted by molar-refractivity contribution is 5.79. The number of carbonyl (C=O) groups excluding carboxylic acids is 1. The Morgan fingerprint density at radius 1 is 1.69 bits per heavy atom. The number of hydrogen-bond acceptors (Lipinski definition) is 5. The molecule has 0 aromatic rings. The fourth-order valence-electron chi connectivity index (χ4n) is 1.19. The molecule has 0 aromatic heterocycles. The molecule has 1 rings (SSSR count). The van der Waals surface area contributed by atoms with E-state index >= 15 is 0 Å². The van der Waals surface area contributed by atoms with E-state index in [1.54, 1.807) is 6.08 Å². The fraction of sp³-hybridized carbons (Fsp3) is 0.400. The van der Waals surface area contributed by atoms with Crippen LogP contribution in [-0.2, 0) is 4.79 Å². The maximum atomic E-state index is 11.5. The molecule has 0 aromatic carbocycles. The lowest BCUT2D eigenvalue weighted by atomic mass is 10.2. The van der Waals surface area contributed by atoms with Crippen LogP contribution in [0.3, 0.4) is 0 Å². The van der Waals surface area contributed by atoms with Gasteiger partial charge >= 0.3 is 0 Å². The van der Waals surface area contributed by atoms with Gasteiger partial charge < -0.3 is 21.4 Å². The van der Waals surface area contributed by atoms with Gasteiger partial charge in [0, 0.05) is 6.21 Å². The first kappa shape index (κ1) is 12.4. The Hall–Kier alpha value is -1.66. The Morgan fingerprint density at radius 3 is 3.12 bits per heavy atom. The molecule has 0 atom stereocenters. The van der Waals surface area contributed by atoms with Crippen LogP contribution in [0.1, 0.15) is 19.8 Å². The molecule has 0 spiro atoms. The summed E-state index contributed by atoms with van der Waals surface area (Å²) in [6.07, 6.45) is 6.58. The van der Waals surface area contributed by atoms with E-state index in [2.05, 4.69) is 10.4 Å². The average molecular weight is 223 g/mol. The third kappa shape index (κ3) is 3.84. The summed E-state index contributed by atoms with van der Waals surface area (Å²) in [6, 6.07) is 0. The Bertz CT molecular complexity index is 347. The molecule has 1 aliphatic rings. The standard InChI is InChI=1S/C10H15N4O2/c1-8-4-2-3-5-12-14(16)9(6-8)13-10(15)7-11/h4-6H,2-3,7,11H2,1H3,(H,13,15)/q-1/b8-4+,9-6-,12-5-. The number of nitrogens with zero attached hydrogens (tertiary/aromatic N) is 2. The van der Waals surface area contributed by atoms with Crippen LogP contribution in [0.15, 0.2) is 28.6 Å². The predicted molar refractivity (Wildman–Crippen MR) is 62.0 cm³/mol. The molecule has 88 valence electrons. The molecule has 0 saturated heterocycles. The summed E-state index contributed by atoms with van der Waals surface area (Å²) < 4.78 is 0. The van der Waals surface area contributed by atoms with Gasteiger partial charge in [0.15, 0.2) is 0 Å². The largest absolute Gasteiger partial charge is 0.736 e. The van der Waals surface area contributed by atoms with Gasteiger partial charge in [-0.1, -0.05) is 11.6 Å². The van der Waals surface area contributed by atoms with Gasteiger partial charge in [-0.05, 0) is 25.8 Å². The number of hydroxylamine groups is 1. The van der Waals surface area contributed by atoms with E-state index in [0.29, 0.717) is 11.6 Å². The highest BCUT2D eigenvalue weighted by atomic mass is 16.5. The number of nitrogens with two attached hydrogens (primary N) is 1. The lowest BCUT2D eigenvalue weighted by molar-refractivity contribution is -0.119. The van der Waals surface area contributed by atoms with E-state index in [4.69, 9.17) is 5.73 Å². The molecule has 1 aliphatic heterocycles. The van der Waals surface area contributed by atoms with E-state index in [-0.39, 0.29) is 12.4 Å². The molecule has 0 fully saturated rings. The van der Waals surface area contributed by atoms with Gasteiger partial charge in [0.05, 0.1) is 6.54 Å². The molecule has 1 amide bonds. The van der Waals surface area contributed by atoms with Crippen LogP contribution in [0.5, 0.6) is 0 Å². The van der Waals surface area contributed by atoms with Crippen molar-refractivity contribution in [2.75, 3.05) is 6.54 Å². The van der Waals surface area contributed by atoms with Gasteiger partial charge in [0.1, 0.15) is 5.82 Å². The van der Waals surface area contributed by atoms with Crippen molar-refractivity contribution < 1.29 is 4.79 Å². The van der Waals surface area contributed by atoms with E-state index in [9.17, 15) is 10.0 Å². The monoisotopic (exact) mass is 223 g/mol. The summed E-state index contributed by atoms with van der Waals surface area (Å²) in [4.78, 5) is 11.1. The van der Waals surface area contributed by atoms with Crippen LogP contribution >= 0.6 is 0 Å². The summed E-state index contributed by atoms with van der Waals surface area (Å²) in [5.41, 5.74) is 6.06. The van der Waals surface area contributed by atoms with Gasteiger partial charge in [-0.25, -0.2) is 0 Å². The Kier molecular flexibility index (Phi) is 4.68. The van der Waals surface area contributed by atoms with Crippen molar-refractivity contribution in [2.24, 2.45) is 10.8 Å². The lowest BCUT2D eigenvalue weighted by Crippen LogP contribution is -2.34. The van der Waals surface area contributed by atoms with Crippen molar-refractivity contribution in [3.05, 3.63) is 28.8 Å². The zero-order valence-corrected chi connectivity index (χ0v) is 9.14. The van der Waals surface area contributed by atoms with Crippen LogP contribution in [0.2, 0.25) is 0 Å². The van der Waals surface area contributed by atoms with E-state index < -0.39 is 5.91 Å². The normalized spacial score (nSPS) is 25.3. The number of allylic oxidation sites excluding steroid dienone is 3. The van der Waals surface area contributed by atoms with Gasteiger partial charge in [0.2, 0.25) is 5.91 Å². The minimum absolute atomic E-state index is 0.0855. The maximum absolute atomic E-state index is 11.5. The molecule has 6 nitrogen and oxygen atoms in total. The maximum Gasteiger partial charge on any atom is 0.239 e. The second kappa shape index (κ2) is 6.04. The summed E-state index contributed by atoms with van der Waals surface area (Å²) >= 11 is 0. The Morgan fingerprint density at radius 2 is 2.44 bits per heavy atom. The number of nitrogens with one attached hydrogen (secondary N) is 1. The zero-order valence-electron chi connectivity index (χ0n) is 9.14.